The van der Waals surface area contributed by atoms with Crippen LogP contribution < -0.4 is 5.32 Å². The van der Waals surface area contributed by atoms with Gasteiger partial charge in [0.25, 0.3) is 0 Å². The van der Waals surface area contributed by atoms with Gasteiger partial charge < -0.3 is 14.4 Å². The summed E-state index contributed by atoms with van der Waals surface area (Å²) in [4.78, 5) is 23.3. The van der Waals surface area contributed by atoms with Crippen LogP contribution >= 0.6 is 11.6 Å². The van der Waals surface area contributed by atoms with E-state index in [0.717, 1.165) is 5.56 Å². The van der Waals surface area contributed by atoms with E-state index < -0.39 is 18.2 Å². The molecule has 0 spiro atoms. The highest BCUT2D eigenvalue weighted by atomic mass is 35.5. The molecule has 0 saturated carbocycles. The summed E-state index contributed by atoms with van der Waals surface area (Å²) < 4.78 is 10.7. The Morgan fingerprint density at radius 3 is 2.39 bits per heavy atom. The second kappa shape index (κ2) is 8.14. The van der Waals surface area contributed by atoms with Gasteiger partial charge in [0.1, 0.15) is 17.5 Å². The second-order valence-corrected chi connectivity index (χ2v) is 6.52. The maximum Gasteiger partial charge on any atom is 0.412 e. The number of nitrogens with zero attached hydrogens (tertiary/aromatic N) is 1. The van der Waals surface area contributed by atoms with Crippen LogP contribution in [-0.4, -0.2) is 22.3 Å². The third-order valence-corrected chi connectivity index (χ3v) is 4.36. The Bertz CT molecular complexity index is 996. The number of aryl methyl sites for hydroxylation is 1. The summed E-state index contributed by atoms with van der Waals surface area (Å²) in [6.07, 6.45) is -1.16. The molecule has 2 N–H and O–H groups in total. The lowest BCUT2D eigenvalue weighted by Crippen LogP contribution is -2.16. The maximum atomic E-state index is 12.3. The Morgan fingerprint density at radius 2 is 1.79 bits per heavy atom. The molecule has 3 aromatic rings. The van der Waals surface area contributed by atoms with Crippen molar-refractivity contribution in [2.24, 2.45) is 0 Å². The van der Waals surface area contributed by atoms with E-state index in [1.165, 1.54) is 12.1 Å². The van der Waals surface area contributed by atoms with Gasteiger partial charge in [0, 0.05) is 10.6 Å². The highest BCUT2D eigenvalue weighted by molar-refractivity contribution is 6.30. The van der Waals surface area contributed by atoms with Gasteiger partial charge in [-0.15, -0.1) is 0 Å². The van der Waals surface area contributed by atoms with E-state index in [9.17, 15) is 9.59 Å². The molecule has 0 bridgehead atoms. The van der Waals surface area contributed by atoms with Gasteiger partial charge in [-0.2, -0.15) is 0 Å². The standard InChI is InChI=1S/C20H17ClN2O5/c1-11-17(18(28-23-11)14-3-5-15(6-4-14)19(24)25)22-20(26)27-12(2)13-7-9-16(21)10-8-13/h3-10,12H,1-2H3,(H,22,26)(H,24,25)/t12-/m1/s1. The summed E-state index contributed by atoms with van der Waals surface area (Å²) in [6.45, 7) is 3.42. The first-order valence-corrected chi connectivity index (χ1v) is 8.76. The van der Waals surface area contributed by atoms with Crippen molar-refractivity contribution in [1.82, 2.24) is 5.16 Å². The van der Waals surface area contributed by atoms with E-state index in [2.05, 4.69) is 10.5 Å². The molecule has 3 rings (SSSR count). The molecular weight excluding hydrogens is 384 g/mol. The topological polar surface area (TPSA) is 102 Å². The number of halogens is 1. The van der Waals surface area contributed by atoms with Crippen LogP contribution in [0.15, 0.2) is 53.1 Å². The predicted molar refractivity (Wildman–Crippen MR) is 104 cm³/mol. The largest absolute Gasteiger partial charge is 0.478 e. The number of amides is 1. The number of aromatic carboxylic acids is 1. The quantitative estimate of drug-likeness (QED) is 0.601. The molecule has 0 radical (unpaired) electrons. The number of anilines is 1. The number of hydrogen-bond acceptors (Lipinski definition) is 5. The van der Waals surface area contributed by atoms with E-state index in [1.807, 2.05) is 0 Å². The van der Waals surface area contributed by atoms with Gasteiger partial charge in [-0.25, -0.2) is 9.59 Å². The maximum absolute atomic E-state index is 12.3. The van der Waals surface area contributed by atoms with Crippen molar-refractivity contribution in [2.75, 3.05) is 5.32 Å². The van der Waals surface area contributed by atoms with E-state index in [4.69, 9.17) is 26.0 Å². The van der Waals surface area contributed by atoms with Gasteiger partial charge in [0.05, 0.1) is 5.56 Å². The van der Waals surface area contributed by atoms with Gasteiger partial charge in [0.15, 0.2) is 5.76 Å². The van der Waals surface area contributed by atoms with Crippen LogP contribution in [0.4, 0.5) is 10.5 Å². The van der Waals surface area contributed by atoms with E-state index in [0.29, 0.717) is 27.7 Å². The molecule has 2 aromatic carbocycles. The van der Waals surface area contributed by atoms with Gasteiger partial charge in [-0.1, -0.05) is 41.0 Å². The number of rotatable bonds is 5. The Hall–Kier alpha value is -3.32. The van der Waals surface area contributed by atoms with Crippen LogP contribution in [0.25, 0.3) is 11.3 Å². The van der Waals surface area contributed by atoms with E-state index >= 15 is 0 Å². The second-order valence-electron chi connectivity index (χ2n) is 6.08. The van der Waals surface area contributed by atoms with Crippen LogP contribution in [0.1, 0.15) is 34.6 Å². The van der Waals surface area contributed by atoms with Crippen LogP contribution in [0.3, 0.4) is 0 Å². The molecule has 1 amide bonds. The number of aromatic nitrogens is 1. The fourth-order valence-corrected chi connectivity index (χ4v) is 2.70. The third kappa shape index (κ3) is 4.32. The number of carbonyl (C=O) groups excluding carboxylic acids is 1. The minimum atomic E-state index is -1.03. The molecule has 0 aliphatic carbocycles. The Labute approximate surface area is 165 Å². The molecule has 1 heterocycles. The first-order chi connectivity index (χ1) is 13.3. The summed E-state index contributed by atoms with van der Waals surface area (Å²) in [5, 5.41) is 16.1. The molecule has 7 nitrogen and oxygen atoms in total. The first kappa shape index (κ1) is 19.4. The molecule has 28 heavy (non-hydrogen) atoms. The van der Waals surface area contributed by atoms with Crippen molar-refractivity contribution >= 4 is 29.4 Å². The monoisotopic (exact) mass is 400 g/mol. The summed E-state index contributed by atoms with van der Waals surface area (Å²) in [7, 11) is 0. The molecule has 0 fully saturated rings. The van der Waals surface area contributed by atoms with E-state index in [-0.39, 0.29) is 5.56 Å². The van der Waals surface area contributed by atoms with Gasteiger partial charge in [-0.05, 0) is 43.7 Å². The van der Waals surface area contributed by atoms with Crippen molar-refractivity contribution in [1.29, 1.82) is 0 Å². The SMILES string of the molecule is Cc1noc(-c2ccc(C(=O)O)cc2)c1NC(=O)O[C@H](C)c1ccc(Cl)cc1. The predicted octanol–water partition coefficient (Wildman–Crippen LogP) is 5.31. The van der Waals surface area contributed by atoms with Crippen molar-refractivity contribution in [3.8, 4) is 11.3 Å². The van der Waals surface area contributed by atoms with Crippen molar-refractivity contribution < 1.29 is 24.0 Å². The molecule has 1 atom stereocenters. The molecule has 8 heteroatoms. The summed E-state index contributed by atoms with van der Waals surface area (Å²) >= 11 is 5.87. The molecule has 0 saturated heterocycles. The fourth-order valence-electron chi connectivity index (χ4n) is 2.57. The number of benzene rings is 2. The number of carboxylic acids is 1. The summed E-state index contributed by atoms with van der Waals surface area (Å²) in [6, 6.07) is 13.0. The van der Waals surface area contributed by atoms with E-state index in [1.54, 1.807) is 50.2 Å². The lowest BCUT2D eigenvalue weighted by molar-refractivity contribution is 0.0696. The molecule has 144 valence electrons. The highest BCUT2D eigenvalue weighted by Crippen LogP contribution is 2.31. The fraction of sp³-hybridized carbons (Fsp3) is 0.150. The van der Waals surface area contributed by atoms with Crippen molar-refractivity contribution in [3.63, 3.8) is 0 Å². The summed E-state index contributed by atoms with van der Waals surface area (Å²) in [5.74, 6) is -0.719. The van der Waals surface area contributed by atoms with Gasteiger partial charge in [0.2, 0.25) is 0 Å². The lowest BCUT2D eigenvalue weighted by Gasteiger charge is -2.14. The average Bonchev–Trinajstić information content (AvgIpc) is 3.02. The Morgan fingerprint density at radius 1 is 1.14 bits per heavy atom. The summed E-state index contributed by atoms with van der Waals surface area (Å²) in [5.41, 5.74) is 2.34. The number of carboxylic acid groups (broad SMARTS) is 1. The molecule has 0 aliphatic rings. The molecule has 0 aliphatic heterocycles. The Kier molecular flexibility index (Phi) is 5.65. The van der Waals surface area contributed by atoms with Crippen molar-refractivity contribution in [2.45, 2.75) is 20.0 Å². The minimum Gasteiger partial charge on any atom is -0.478 e. The molecule has 0 unspecified atom stereocenters. The van der Waals surface area contributed by atoms with Crippen molar-refractivity contribution in [3.05, 3.63) is 70.4 Å². The highest BCUT2D eigenvalue weighted by Gasteiger charge is 2.20. The van der Waals surface area contributed by atoms with Gasteiger partial charge >= 0.3 is 12.1 Å². The molecular formula is C20H17ClN2O5. The smallest absolute Gasteiger partial charge is 0.412 e. The number of nitrogens with one attached hydrogen (secondary N) is 1. The first-order valence-electron chi connectivity index (χ1n) is 8.38. The van der Waals surface area contributed by atoms with Crippen LogP contribution in [0.2, 0.25) is 5.02 Å². The van der Waals surface area contributed by atoms with Crippen LogP contribution in [0, 0.1) is 6.92 Å². The number of carbonyl (C=O) groups is 2. The minimum absolute atomic E-state index is 0.144. The zero-order valence-electron chi connectivity index (χ0n) is 15.1. The van der Waals surface area contributed by atoms with Crippen LogP contribution in [-0.2, 0) is 4.74 Å². The van der Waals surface area contributed by atoms with Crippen LogP contribution in [0.5, 0.6) is 0 Å². The van der Waals surface area contributed by atoms with Gasteiger partial charge in [-0.3, -0.25) is 5.32 Å². The number of hydrogen-bond donors (Lipinski definition) is 2. The Balaban J connectivity index is 1.75. The zero-order valence-corrected chi connectivity index (χ0v) is 15.9. The third-order valence-electron chi connectivity index (χ3n) is 4.11. The lowest BCUT2D eigenvalue weighted by atomic mass is 10.1. The zero-order chi connectivity index (χ0) is 20.3. The average molecular weight is 401 g/mol. The number of ether oxygens (including phenoxy) is 1. The normalized spacial score (nSPS) is 11.7. The molecule has 1 aromatic heterocycles.